The quantitative estimate of drug-likeness (QED) is 0.788. The minimum absolute atomic E-state index is 0.265. The summed E-state index contributed by atoms with van der Waals surface area (Å²) >= 11 is 0. The average molecular weight is 201 g/mol. The Morgan fingerprint density at radius 3 is 2.64 bits per heavy atom. The molecule has 0 radical (unpaired) electrons. The number of hydrogen-bond acceptors (Lipinski definition) is 3. The first-order chi connectivity index (χ1) is 6.61. The summed E-state index contributed by atoms with van der Waals surface area (Å²) in [7, 11) is 0. The SMILES string of the molecule is N#Cc1cnc(CN)c(F)c1C(F)F. The second kappa shape index (κ2) is 4.07. The molecule has 0 saturated heterocycles. The van der Waals surface area contributed by atoms with Gasteiger partial charge in [0.2, 0.25) is 0 Å². The highest BCUT2D eigenvalue weighted by Crippen LogP contribution is 2.26. The van der Waals surface area contributed by atoms with Gasteiger partial charge in [0.15, 0.2) is 5.82 Å². The molecule has 14 heavy (non-hydrogen) atoms. The molecule has 1 heterocycles. The summed E-state index contributed by atoms with van der Waals surface area (Å²) in [5, 5.41) is 8.43. The summed E-state index contributed by atoms with van der Waals surface area (Å²) < 4.78 is 37.9. The van der Waals surface area contributed by atoms with Gasteiger partial charge in [-0.05, 0) is 0 Å². The van der Waals surface area contributed by atoms with E-state index in [1.54, 1.807) is 0 Å². The molecule has 0 atom stereocenters. The van der Waals surface area contributed by atoms with Crippen molar-refractivity contribution in [2.45, 2.75) is 13.0 Å². The van der Waals surface area contributed by atoms with E-state index < -0.39 is 23.4 Å². The minimum atomic E-state index is -3.04. The van der Waals surface area contributed by atoms with Gasteiger partial charge in [0.05, 0.1) is 16.8 Å². The number of nitriles is 1. The highest BCUT2D eigenvalue weighted by atomic mass is 19.3. The smallest absolute Gasteiger partial charge is 0.268 e. The highest BCUT2D eigenvalue weighted by molar-refractivity contribution is 5.38. The summed E-state index contributed by atoms with van der Waals surface area (Å²) in [4.78, 5) is 3.45. The molecule has 1 aromatic rings. The molecular weight excluding hydrogens is 195 g/mol. The molecule has 0 saturated carbocycles. The van der Waals surface area contributed by atoms with Gasteiger partial charge in [-0.2, -0.15) is 5.26 Å². The number of hydrogen-bond donors (Lipinski definition) is 1. The molecular formula is C8H6F3N3. The molecule has 0 fully saturated rings. The lowest BCUT2D eigenvalue weighted by molar-refractivity contribution is 0.145. The Balaban J connectivity index is 3.41. The third kappa shape index (κ3) is 1.67. The van der Waals surface area contributed by atoms with Crippen LogP contribution in [0.5, 0.6) is 0 Å². The zero-order valence-electron chi connectivity index (χ0n) is 6.97. The molecule has 0 aromatic carbocycles. The Morgan fingerprint density at radius 2 is 2.21 bits per heavy atom. The Kier molecular flexibility index (Phi) is 3.04. The van der Waals surface area contributed by atoms with Crippen LogP contribution in [0.25, 0.3) is 0 Å². The van der Waals surface area contributed by atoms with Crippen LogP contribution in [0, 0.1) is 17.1 Å². The van der Waals surface area contributed by atoms with E-state index >= 15 is 0 Å². The van der Waals surface area contributed by atoms with Crippen LogP contribution in [0.4, 0.5) is 13.2 Å². The molecule has 74 valence electrons. The third-order valence-corrected chi connectivity index (χ3v) is 1.66. The highest BCUT2D eigenvalue weighted by Gasteiger charge is 2.21. The monoisotopic (exact) mass is 201 g/mol. The Morgan fingerprint density at radius 1 is 1.57 bits per heavy atom. The van der Waals surface area contributed by atoms with Crippen LogP contribution in [-0.2, 0) is 6.54 Å². The topological polar surface area (TPSA) is 62.7 Å². The minimum Gasteiger partial charge on any atom is -0.325 e. The second-order valence-corrected chi connectivity index (χ2v) is 2.46. The van der Waals surface area contributed by atoms with Gasteiger partial charge in [-0.3, -0.25) is 4.98 Å². The molecule has 0 amide bonds. The molecule has 0 spiro atoms. The standard InChI is InChI=1S/C8H6F3N3/c9-7-5(2-13)14-3-4(1-12)6(7)8(10)11/h3,8H,2,13H2. The van der Waals surface area contributed by atoms with E-state index in [2.05, 4.69) is 4.98 Å². The van der Waals surface area contributed by atoms with Crippen molar-refractivity contribution in [1.29, 1.82) is 5.26 Å². The summed E-state index contributed by atoms with van der Waals surface area (Å²) in [6, 6.07) is 1.45. The number of aromatic nitrogens is 1. The maximum atomic E-state index is 13.2. The lowest BCUT2D eigenvalue weighted by Crippen LogP contribution is -2.08. The van der Waals surface area contributed by atoms with Gasteiger partial charge in [0.25, 0.3) is 6.43 Å². The van der Waals surface area contributed by atoms with Gasteiger partial charge in [0, 0.05) is 12.7 Å². The Hall–Kier alpha value is -1.61. The van der Waals surface area contributed by atoms with Crippen molar-refractivity contribution in [3.8, 4) is 6.07 Å². The Bertz CT molecular complexity index is 384. The van der Waals surface area contributed by atoms with Gasteiger partial charge >= 0.3 is 0 Å². The maximum Gasteiger partial charge on any atom is 0.268 e. The molecule has 0 bridgehead atoms. The van der Waals surface area contributed by atoms with E-state index in [1.165, 1.54) is 6.07 Å². The number of pyridine rings is 1. The molecule has 1 aromatic heterocycles. The number of nitrogens with two attached hydrogens (primary N) is 1. The van der Waals surface area contributed by atoms with Crippen molar-refractivity contribution in [1.82, 2.24) is 4.98 Å². The number of rotatable bonds is 2. The predicted molar refractivity (Wildman–Crippen MR) is 41.8 cm³/mol. The molecule has 0 unspecified atom stereocenters. The maximum absolute atomic E-state index is 13.2. The fraction of sp³-hybridized carbons (Fsp3) is 0.250. The van der Waals surface area contributed by atoms with Crippen molar-refractivity contribution in [3.63, 3.8) is 0 Å². The van der Waals surface area contributed by atoms with Gasteiger partial charge in [-0.15, -0.1) is 0 Å². The molecule has 0 aliphatic rings. The van der Waals surface area contributed by atoms with E-state index in [-0.39, 0.29) is 12.2 Å². The van der Waals surface area contributed by atoms with E-state index in [9.17, 15) is 13.2 Å². The summed E-state index contributed by atoms with van der Waals surface area (Å²) in [5.41, 5.74) is 3.43. The van der Waals surface area contributed by atoms with Crippen molar-refractivity contribution in [2.24, 2.45) is 5.73 Å². The van der Waals surface area contributed by atoms with E-state index in [0.717, 1.165) is 6.20 Å². The van der Waals surface area contributed by atoms with Crippen molar-refractivity contribution in [2.75, 3.05) is 0 Å². The predicted octanol–water partition coefficient (Wildman–Crippen LogP) is 1.49. The zero-order valence-corrected chi connectivity index (χ0v) is 6.97. The normalized spacial score (nSPS) is 10.3. The second-order valence-electron chi connectivity index (χ2n) is 2.46. The molecule has 0 aliphatic heterocycles. The Labute approximate surface area is 78.0 Å². The van der Waals surface area contributed by atoms with Crippen LogP contribution < -0.4 is 5.73 Å². The van der Waals surface area contributed by atoms with Crippen LogP contribution in [0.1, 0.15) is 23.2 Å². The zero-order chi connectivity index (χ0) is 10.7. The van der Waals surface area contributed by atoms with Crippen LogP contribution in [0.3, 0.4) is 0 Å². The van der Waals surface area contributed by atoms with Gasteiger partial charge < -0.3 is 5.73 Å². The van der Waals surface area contributed by atoms with Crippen LogP contribution in [0.2, 0.25) is 0 Å². The summed E-state index contributed by atoms with van der Waals surface area (Å²) in [6.07, 6.45) is -2.15. The third-order valence-electron chi connectivity index (χ3n) is 1.66. The summed E-state index contributed by atoms with van der Waals surface area (Å²) in [5.74, 6) is -1.19. The summed E-state index contributed by atoms with van der Waals surface area (Å²) in [6.45, 7) is -0.280. The van der Waals surface area contributed by atoms with Gasteiger partial charge in [-0.1, -0.05) is 0 Å². The first-order valence-electron chi connectivity index (χ1n) is 3.67. The van der Waals surface area contributed by atoms with Gasteiger partial charge in [-0.25, -0.2) is 13.2 Å². The molecule has 1 rings (SSSR count). The molecule has 2 N–H and O–H groups in total. The van der Waals surface area contributed by atoms with Crippen molar-refractivity contribution < 1.29 is 13.2 Å². The van der Waals surface area contributed by atoms with Crippen molar-refractivity contribution in [3.05, 3.63) is 28.8 Å². The largest absolute Gasteiger partial charge is 0.325 e. The molecule has 6 heteroatoms. The van der Waals surface area contributed by atoms with E-state index in [4.69, 9.17) is 11.0 Å². The van der Waals surface area contributed by atoms with E-state index in [0.29, 0.717) is 0 Å². The lowest BCUT2D eigenvalue weighted by atomic mass is 10.1. The fourth-order valence-corrected chi connectivity index (χ4v) is 0.987. The van der Waals surface area contributed by atoms with Crippen LogP contribution >= 0.6 is 0 Å². The first-order valence-corrected chi connectivity index (χ1v) is 3.67. The van der Waals surface area contributed by atoms with Gasteiger partial charge in [0.1, 0.15) is 6.07 Å². The number of alkyl halides is 2. The van der Waals surface area contributed by atoms with Crippen molar-refractivity contribution >= 4 is 0 Å². The molecule has 3 nitrogen and oxygen atoms in total. The van der Waals surface area contributed by atoms with Crippen LogP contribution in [-0.4, -0.2) is 4.98 Å². The first kappa shape index (κ1) is 10.5. The number of nitrogens with zero attached hydrogens (tertiary/aromatic N) is 2. The average Bonchev–Trinajstić information content (AvgIpc) is 2.16. The molecule has 0 aliphatic carbocycles. The lowest BCUT2D eigenvalue weighted by Gasteiger charge is -2.06. The number of halogens is 3. The fourth-order valence-electron chi connectivity index (χ4n) is 0.987. The van der Waals surface area contributed by atoms with E-state index in [1.807, 2.05) is 0 Å². The van der Waals surface area contributed by atoms with Crippen LogP contribution in [0.15, 0.2) is 6.20 Å².